The molecule has 0 saturated carbocycles. The fourth-order valence-electron chi connectivity index (χ4n) is 3.13. The van der Waals surface area contributed by atoms with Gasteiger partial charge in [-0.3, -0.25) is 9.69 Å². The number of carbonyl (C=O) groups excluding carboxylic acids is 1. The average Bonchev–Trinajstić information content (AvgIpc) is 2.64. The number of rotatable bonds is 2. The molecular formula is C17H24N2O3. The molecule has 2 heterocycles. The molecule has 1 saturated heterocycles. The minimum atomic E-state index is -0.774. The molecule has 0 spiro atoms. The van der Waals surface area contributed by atoms with E-state index in [1.807, 2.05) is 31.2 Å². The summed E-state index contributed by atoms with van der Waals surface area (Å²) in [4.78, 5) is 16.4. The maximum atomic E-state index is 12.5. The smallest absolute Gasteiger partial charge is 0.236 e. The van der Waals surface area contributed by atoms with Gasteiger partial charge in [0.15, 0.2) is 0 Å². The normalized spacial score (nSPS) is 28.9. The first-order chi connectivity index (χ1) is 10.5. The van der Waals surface area contributed by atoms with Gasteiger partial charge < -0.3 is 14.7 Å². The Morgan fingerprint density at radius 1 is 1.45 bits per heavy atom. The highest BCUT2D eigenvalue weighted by atomic mass is 16.5. The zero-order valence-corrected chi connectivity index (χ0v) is 13.3. The number of fused-ring (bicyclic) bond motifs is 1. The summed E-state index contributed by atoms with van der Waals surface area (Å²) in [5.74, 6) is 1.11. The van der Waals surface area contributed by atoms with Crippen LogP contribution in [0.5, 0.6) is 5.75 Å². The fraction of sp³-hybridized carbons (Fsp3) is 0.588. The van der Waals surface area contributed by atoms with Crippen molar-refractivity contribution in [3.8, 4) is 5.75 Å². The van der Waals surface area contributed by atoms with E-state index in [-0.39, 0.29) is 11.8 Å². The molecular weight excluding hydrogens is 280 g/mol. The van der Waals surface area contributed by atoms with Gasteiger partial charge >= 0.3 is 0 Å². The number of aliphatic hydroxyl groups is 1. The van der Waals surface area contributed by atoms with Crippen molar-refractivity contribution in [1.29, 1.82) is 0 Å². The van der Waals surface area contributed by atoms with E-state index in [4.69, 9.17) is 4.74 Å². The van der Waals surface area contributed by atoms with E-state index >= 15 is 0 Å². The van der Waals surface area contributed by atoms with Crippen LogP contribution < -0.4 is 4.74 Å². The summed E-state index contributed by atoms with van der Waals surface area (Å²) in [6, 6.07) is 7.97. The summed E-state index contributed by atoms with van der Waals surface area (Å²) in [6.07, 6.45) is 0. The summed E-state index contributed by atoms with van der Waals surface area (Å²) < 4.78 is 5.73. The number of hydrogen-bond acceptors (Lipinski definition) is 4. The van der Waals surface area contributed by atoms with Crippen LogP contribution in [0.2, 0.25) is 0 Å². The predicted molar refractivity (Wildman–Crippen MR) is 83.6 cm³/mol. The number of β-amino-alcohol motifs (C(OH)–C–C–N with tert-alkyl or cyclic N) is 1. The number of nitrogens with zero attached hydrogens (tertiary/aromatic N) is 2. The molecule has 1 N–H and O–H groups in total. The van der Waals surface area contributed by atoms with Crippen molar-refractivity contribution in [2.24, 2.45) is 5.92 Å². The van der Waals surface area contributed by atoms with E-state index < -0.39 is 5.60 Å². The average molecular weight is 304 g/mol. The molecule has 5 nitrogen and oxygen atoms in total. The third-order valence-electron chi connectivity index (χ3n) is 4.81. The minimum Gasteiger partial charge on any atom is -0.492 e. The highest BCUT2D eigenvalue weighted by Gasteiger charge is 2.40. The third-order valence-corrected chi connectivity index (χ3v) is 4.81. The molecule has 1 aromatic carbocycles. The Bertz CT molecular complexity index is 559. The topological polar surface area (TPSA) is 53.0 Å². The molecule has 2 aliphatic heterocycles. The van der Waals surface area contributed by atoms with Gasteiger partial charge in [0.1, 0.15) is 12.4 Å². The molecule has 0 radical (unpaired) electrons. The predicted octanol–water partition coefficient (Wildman–Crippen LogP) is 1.11. The number of ether oxygens (including phenoxy) is 1. The first-order valence-corrected chi connectivity index (χ1v) is 7.89. The number of benzene rings is 1. The van der Waals surface area contributed by atoms with Crippen molar-refractivity contribution in [1.82, 2.24) is 9.80 Å². The second-order valence-electron chi connectivity index (χ2n) is 6.70. The van der Waals surface area contributed by atoms with Gasteiger partial charge in [-0.15, -0.1) is 0 Å². The van der Waals surface area contributed by atoms with Gasteiger partial charge in [-0.05, 0) is 13.0 Å². The highest BCUT2D eigenvalue weighted by molar-refractivity contribution is 5.78. The fourth-order valence-corrected chi connectivity index (χ4v) is 3.13. The summed E-state index contributed by atoms with van der Waals surface area (Å²) >= 11 is 0. The molecule has 0 bridgehead atoms. The molecule has 1 aromatic rings. The number of para-hydroxylation sites is 1. The molecule has 5 heteroatoms. The lowest BCUT2D eigenvalue weighted by Gasteiger charge is -2.24. The first kappa shape index (κ1) is 15.3. The largest absolute Gasteiger partial charge is 0.492 e. The summed E-state index contributed by atoms with van der Waals surface area (Å²) in [5, 5.41) is 10.2. The molecule has 0 unspecified atom stereocenters. The molecule has 120 valence electrons. The van der Waals surface area contributed by atoms with Gasteiger partial charge in [-0.1, -0.05) is 25.1 Å². The van der Waals surface area contributed by atoms with Gasteiger partial charge in [-0.2, -0.15) is 0 Å². The standard InChI is InChI=1S/C17H24N2O3/c1-13-9-19(12-17(13,2)21)16(20)11-18-7-8-22-15-6-4-3-5-14(15)10-18/h3-6,13,21H,7-12H2,1-2H3/t13-,17+/m1/s1. The lowest BCUT2D eigenvalue weighted by molar-refractivity contribution is -0.132. The Hall–Kier alpha value is -1.59. The summed E-state index contributed by atoms with van der Waals surface area (Å²) in [5.41, 5.74) is 0.346. The Labute approximate surface area is 131 Å². The second-order valence-corrected chi connectivity index (χ2v) is 6.70. The molecule has 22 heavy (non-hydrogen) atoms. The first-order valence-electron chi connectivity index (χ1n) is 7.89. The molecule has 0 aliphatic carbocycles. The molecule has 3 rings (SSSR count). The van der Waals surface area contributed by atoms with E-state index in [1.165, 1.54) is 0 Å². The van der Waals surface area contributed by atoms with Gasteiger partial charge in [0.25, 0.3) is 0 Å². The molecule has 0 aromatic heterocycles. The van der Waals surface area contributed by atoms with Crippen LogP contribution in [0, 0.1) is 5.92 Å². The monoisotopic (exact) mass is 304 g/mol. The Balaban J connectivity index is 1.63. The molecule has 2 atom stereocenters. The van der Waals surface area contributed by atoms with E-state index in [9.17, 15) is 9.90 Å². The van der Waals surface area contributed by atoms with E-state index in [0.717, 1.165) is 24.4 Å². The molecule has 1 fully saturated rings. The summed E-state index contributed by atoms with van der Waals surface area (Å²) in [6.45, 7) is 7.28. The lowest BCUT2D eigenvalue weighted by atomic mass is 9.95. The maximum Gasteiger partial charge on any atom is 0.236 e. The zero-order chi connectivity index (χ0) is 15.7. The molecule has 2 aliphatic rings. The number of likely N-dealkylation sites (tertiary alicyclic amines) is 1. The molecule has 1 amide bonds. The van der Waals surface area contributed by atoms with Crippen LogP contribution in [0.3, 0.4) is 0 Å². The summed E-state index contributed by atoms with van der Waals surface area (Å²) in [7, 11) is 0. The zero-order valence-electron chi connectivity index (χ0n) is 13.3. The van der Waals surface area contributed by atoms with Crippen molar-refractivity contribution in [2.75, 3.05) is 32.8 Å². The van der Waals surface area contributed by atoms with Crippen LogP contribution in [-0.4, -0.2) is 59.2 Å². The van der Waals surface area contributed by atoms with Crippen LogP contribution in [-0.2, 0) is 11.3 Å². The number of hydrogen-bond donors (Lipinski definition) is 1. The van der Waals surface area contributed by atoms with E-state index in [0.29, 0.717) is 26.2 Å². The number of carbonyl (C=O) groups is 1. The van der Waals surface area contributed by atoms with Crippen molar-refractivity contribution in [2.45, 2.75) is 26.0 Å². The van der Waals surface area contributed by atoms with Crippen molar-refractivity contribution in [3.05, 3.63) is 29.8 Å². The van der Waals surface area contributed by atoms with Gasteiger partial charge in [0.2, 0.25) is 5.91 Å². The van der Waals surface area contributed by atoms with Crippen LogP contribution in [0.4, 0.5) is 0 Å². The Kier molecular flexibility index (Phi) is 4.10. The van der Waals surface area contributed by atoms with E-state index in [1.54, 1.807) is 11.8 Å². The number of amides is 1. The van der Waals surface area contributed by atoms with Crippen LogP contribution >= 0.6 is 0 Å². The van der Waals surface area contributed by atoms with Gasteiger partial charge in [0.05, 0.1) is 12.1 Å². The van der Waals surface area contributed by atoms with Crippen molar-refractivity contribution in [3.63, 3.8) is 0 Å². The van der Waals surface area contributed by atoms with Gasteiger partial charge in [-0.25, -0.2) is 0 Å². The van der Waals surface area contributed by atoms with E-state index in [2.05, 4.69) is 4.90 Å². The van der Waals surface area contributed by atoms with Crippen molar-refractivity contribution >= 4 is 5.91 Å². The lowest BCUT2D eigenvalue weighted by Crippen LogP contribution is -2.41. The minimum absolute atomic E-state index is 0.0870. The maximum absolute atomic E-state index is 12.5. The van der Waals surface area contributed by atoms with Crippen LogP contribution in [0.25, 0.3) is 0 Å². The highest BCUT2D eigenvalue weighted by Crippen LogP contribution is 2.27. The SMILES string of the molecule is C[C@@H]1CN(C(=O)CN2CCOc3ccccc3C2)C[C@]1(C)O. The van der Waals surface area contributed by atoms with Crippen molar-refractivity contribution < 1.29 is 14.6 Å². The Morgan fingerprint density at radius 3 is 2.95 bits per heavy atom. The van der Waals surface area contributed by atoms with Gasteiger partial charge in [0, 0.05) is 37.7 Å². The second kappa shape index (κ2) is 5.89. The third kappa shape index (κ3) is 3.10. The van der Waals surface area contributed by atoms with Crippen LogP contribution in [0.15, 0.2) is 24.3 Å². The quantitative estimate of drug-likeness (QED) is 0.889. The van der Waals surface area contributed by atoms with Crippen LogP contribution in [0.1, 0.15) is 19.4 Å². The Morgan fingerprint density at radius 2 is 2.23 bits per heavy atom.